The van der Waals surface area contributed by atoms with Gasteiger partial charge in [-0.05, 0) is 28.8 Å². The summed E-state index contributed by atoms with van der Waals surface area (Å²) in [6.07, 6.45) is 5.19. The second-order valence-corrected chi connectivity index (χ2v) is 4.91. The van der Waals surface area contributed by atoms with Crippen molar-refractivity contribution < 1.29 is 4.79 Å². The van der Waals surface area contributed by atoms with Crippen molar-refractivity contribution in [3.8, 4) is 0 Å². The lowest BCUT2D eigenvalue weighted by molar-refractivity contribution is 0.0957. The van der Waals surface area contributed by atoms with E-state index in [1.807, 2.05) is 0 Å². The second-order valence-electron chi connectivity index (χ2n) is 3.80. The highest BCUT2D eigenvalue weighted by Gasteiger charge is 2.33. The van der Waals surface area contributed by atoms with E-state index in [2.05, 4.69) is 25.9 Å². The van der Waals surface area contributed by atoms with Gasteiger partial charge < -0.3 is 0 Å². The van der Waals surface area contributed by atoms with E-state index in [1.165, 1.54) is 0 Å². The number of imidazole rings is 1. The van der Waals surface area contributed by atoms with E-state index in [0.717, 1.165) is 12.8 Å². The summed E-state index contributed by atoms with van der Waals surface area (Å²) in [6, 6.07) is 0. The summed E-state index contributed by atoms with van der Waals surface area (Å²) in [5, 5.41) is 0.344. The van der Waals surface area contributed by atoms with Crippen molar-refractivity contribution in [1.82, 2.24) is 14.4 Å². The van der Waals surface area contributed by atoms with Gasteiger partial charge >= 0.3 is 0 Å². The molecule has 0 aliphatic heterocycles. The van der Waals surface area contributed by atoms with Crippen LogP contribution in [0.3, 0.4) is 0 Å². The number of ketones is 1. The standard InChI is InChI=1S/C10H7BrClN3O/c11-8-6-9(12)13-3-4-15(6)10(14-8)7(16)5-1-2-5/h3-5H,1-2H2. The predicted octanol–water partition coefficient (Wildman–Crippen LogP) is 2.74. The Morgan fingerprint density at radius 2 is 2.31 bits per heavy atom. The third kappa shape index (κ3) is 1.46. The van der Waals surface area contributed by atoms with Crippen LogP contribution in [0.4, 0.5) is 0 Å². The quantitative estimate of drug-likeness (QED) is 0.801. The molecule has 6 heteroatoms. The first-order valence-corrected chi connectivity index (χ1v) is 6.08. The van der Waals surface area contributed by atoms with Crippen LogP contribution in [0, 0.1) is 5.92 Å². The highest BCUT2D eigenvalue weighted by atomic mass is 79.9. The van der Waals surface area contributed by atoms with Crippen molar-refractivity contribution in [3.05, 3.63) is 28.0 Å². The number of aromatic nitrogens is 3. The maximum Gasteiger partial charge on any atom is 0.201 e. The molecule has 2 heterocycles. The average Bonchev–Trinajstić information content (AvgIpc) is 3.04. The van der Waals surface area contributed by atoms with E-state index >= 15 is 0 Å². The summed E-state index contributed by atoms with van der Waals surface area (Å²) in [7, 11) is 0. The Morgan fingerprint density at radius 3 is 3.00 bits per heavy atom. The van der Waals surface area contributed by atoms with Crippen molar-refractivity contribution in [2.75, 3.05) is 0 Å². The second kappa shape index (κ2) is 3.53. The number of hydrogen-bond donors (Lipinski definition) is 0. The topological polar surface area (TPSA) is 47.3 Å². The summed E-state index contributed by atoms with van der Waals surface area (Å²) in [6.45, 7) is 0. The number of nitrogens with zero attached hydrogens (tertiary/aromatic N) is 3. The fraction of sp³-hybridized carbons (Fsp3) is 0.300. The molecule has 1 saturated carbocycles. The van der Waals surface area contributed by atoms with Gasteiger partial charge in [-0.3, -0.25) is 9.20 Å². The number of fused-ring (bicyclic) bond motifs is 1. The zero-order chi connectivity index (χ0) is 11.3. The average molecular weight is 301 g/mol. The lowest BCUT2D eigenvalue weighted by Gasteiger charge is -1.99. The molecular formula is C10H7BrClN3O. The van der Waals surface area contributed by atoms with Gasteiger partial charge in [-0.1, -0.05) is 11.6 Å². The van der Waals surface area contributed by atoms with Gasteiger partial charge in [-0.2, -0.15) is 0 Å². The summed E-state index contributed by atoms with van der Waals surface area (Å²) in [5.74, 6) is 0.668. The Morgan fingerprint density at radius 1 is 1.56 bits per heavy atom. The Labute approximate surface area is 105 Å². The van der Waals surface area contributed by atoms with Gasteiger partial charge in [0.15, 0.2) is 11.0 Å². The van der Waals surface area contributed by atoms with Crippen molar-refractivity contribution in [2.24, 2.45) is 5.92 Å². The molecule has 1 aliphatic carbocycles. The van der Waals surface area contributed by atoms with Gasteiger partial charge in [0, 0.05) is 18.3 Å². The van der Waals surface area contributed by atoms with Crippen LogP contribution in [0.5, 0.6) is 0 Å². The first-order valence-electron chi connectivity index (χ1n) is 4.91. The molecule has 0 radical (unpaired) electrons. The largest absolute Gasteiger partial charge is 0.292 e. The molecule has 4 nitrogen and oxygen atoms in total. The van der Waals surface area contributed by atoms with Crippen LogP contribution in [-0.2, 0) is 0 Å². The molecule has 2 aromatic rings. The first-order chi connectivity index (χ1) is 7.68. The number of hydrogen-bond acceptors (Lipinski definition) is 3. The van der Waals surface area contributed by atoms with Crippen LogP contribution in [0.25, 0.3) is 5.52 Å². The zero-order valence-corrected chi connectivity index (χ0v) is 10.5. The molecule has 1 aliphatic rings. The lowest BCUT2D eigenvalue weighted by atomic mass is 10.2. The van der Waals surface area contributed by atoms with E-state index in [4.69, 9.17) is 11.6 Å². The van der Waals surface area contributed by atoms with Gasteiger partial charge in [-0.15, -0.1) is 0 Å². The van der Waals surface area contributed by atoms with Gasteiger partial charge in [0.2, 0.25) is 5.78 Å². The fourth-order valence-corrected chi connectivity index (χ4v) is 2.56. The number of carbonyl (C=O) groups is 1. The number of halogens is 2. The van der Waals surface area contributed by atoms with E-state index < -0.39 is 0 Å². The zero-order valence-electron chi connectivity index (χ0n) is 8.15. The third-order valence-electron chi connectivity index (χ3n) is 2.64. The predicted molar refractivity (Wildman–Crippen MR) is 62.8 cm³/mol. The minimum Gasteiger partial charge on any atom is -0.292 e. The fourth-order valence-electron chi connectivity index (χ4n) is 1.66. The van der Waals surface area contributed by atoms with Crippen LogP contribution < -0.4 is 0 Å². The normalized spacial score (nSPS) is 15.6. The van der Waals surface area contributed by atoms with Crippen LogP contribution in [0.15, 0.2) is 17.0 Å². The molecule has 82 valence electrons. The minimum absolute atomic E-state index is 0.0861. The molecule has 0 saturated heterocycles. The van der Waals surface area contributed by atoms with Gasteiger partial charge in [0.05, 0.1) is 0 Å². The Bertz CT molecular complexity index is 591. The smallest absolute Gasteiger partial charge is 0.201 e. The summed E-state index contributed by atoms with van der Waals surface area (Å²) >= 11 is 9.26. The van der Waals surface area contributed by atoms with Crippen LogP contribution in [0.1, 0.15) is 23.5 Å². The SMILES string of the molecule is O=C(c1nc(Br)c2c(Cl)nccn12)C1CC1. The van der Waals surface area contributed by atoms with Crippen LogP contribution in [0.2, 0.25) is 5.15 Å². The van der Waals surface area contributed by atoms with Crippen molar-refractivity contribution in [3.63, 3.8) is 0 Å². The summed E-state index contributed by atoms with van der Waals surface area (Å²) < 4.78 is 2.26. The molecule has 0 bridgehead atoms. The van der Waals surface area contributed by atoms with Crippen molar-refractivity contribution >= 4 is 38.8 Å². The molecule has 2 aromatic heterocycles. The van der Waals surface area contributed by atoms with Gasteiger partial charge in [0.25, 0.3) is 0 Å². The number of Topliss-reactive ketones (excluding diaryl/α,β-unsaturated/α-hetero) is 1. The van der Waals surface area contributed by atoms with E-state index in [1.54, 1.807) is 16.8 Å². The van der Waals surface area contributed by atoms with E-state index in [-0.39, 0.29) is 11.7 Å². The summed E-state index contributed by atoms with van der Waals surface area (Å²) in [4.78, 5) is 20.2. The number of rotatable bonds is 2. The van der Waals surface area contributed by atoms with E-state index in [9.17, 15) is 4.79 Å². The molecule has 3 rings (SSSR count). The molecule has 0 amide bonds. The molecule has 0 atom stereocenters. The lowest BCUT2D eigenvalue weighted by Crippen LogP contribution is -2.07. The molecular weight excluding hydrogens is 293 g/mol. The summed E-state index contributed by atoms with van der Waals surface area (Å²) in [5.41, 5.74) is 0.646. The molecule has 0 aromatic carbocycles. The van der Waals surface area contributed by atoms with Gasteiger partial charge in [0.1, 0.15) is 10.1 Å². The highest BCUT2D eigenvalue weighted by molar-refractivity contribution is 9.10. The third-order valence-corrected chi connectivity index (χ3v) is 3.47. The first kappa shape index (κ1) is 10.2. The van der Waals surface area contributed by atoms with Gasteiger partial charge in [-0.25, -0.2) is 9.97 Å². The van der Waals surface area contributed by atoms with Crippen LogP contribution >= 0.6 is 27.5 Å². The molecule has 16 heavy (non-hydrogen) atoms. The monoisotopic (exact) mass is 299 g/mol. The molecule has 0 N–H and O–H groups in total. The Balaban J connectivity index is 2.25. The maximum absolute atomic E-state index is 12.0. The van der Waals surface area contributed by atoms with Crippen LogP contribution in [-0.4, -0.2) is 20.2 Å². The van der Waals surface area contributed by atoms with Crippen molar-refractivity contribution in [1.29, 1.82) is 0 Å². The molecule has 0 unspecified atom stereocenters. The van der Waals surface area contributed by atoms with E-state index in [0.29, 0.717) is 21.1 Å². The minimum atomic E-state index is 0.0861. The Kier molecular flexibility index (Phi) is 2.26. The highest BCUT2D eigenvalue weighted by Crippen LogP contribution is 2.34. The van der Waals surface area contributed by atoms with Crippen molar-refractivity contribution in [2.45, 2.75) is 12.8 Å². The molecule has 1 fully saturated rings. The number of carbonyl (C=O) groups excluding carboxylic acids is 1. The Hall–Kier alpha value is -0.940. The maximum atomic E-state index is 12.0. The molecule has 0 spiro atoms.